The molecule has 0 aliphatic carbocycles. The van der Waals surface area contributed by atoms with Gasteiger partial charge in [0.05, 0.1) is 5.54 Å². The molecule has 2 atom stereocenters. The molecule has 1 amide bonds. The average Bonchev–Trinajstić information content (AvgIpc) is 2.36. The number of nitrogens with one attached hydrogen (secondary N) is 1. The molecule has 3 nitrogen and oxygen atoms in total. The molecule has 1 aromatic rings. The first-order valence-electron chi connectivity index (χ1n) is 6.59. The molecular weight excluding hydrogens is 224 g/mol. The summed E-state index contributed by atoms with van der Waals surface area (Å²) in [7, 11) is 0. The highest BCUT2D eigenvalue weighted by atomic mass is 16.2. The molecule has 100 valence electrons. The molecule has 1 rings (SSSR count). The summed E-state index contributed by atoms with van der Waals surface area (Å²) in [6, 6.07) is 10.2. The topological polar surface area (TPSA) is 55.1 Å². The highest BCUT2D eigenvalue weighted by Crippen LogP contribution is 2.14. The normalized spacial score (nSPS) is 15.8. The van der Waals surface area contributed by atoms with Crippen LogP contribution in [0.3, 0.4) is 0 Å². The number of rotatable bonds is 6. The molecule has 18 heavy (non-hydrogen) atoms. The van der Waals surface area contributed by atoms with Crippen molar-refractivity contribution in [2.75, 3.05) is 6.54 Å². The maximum Gasteiger partial charge on any atom is 0.239 e. The van der Waals surface area contributed by atoms with Crippen LogP contribution in [0, 0.1) is 0 Å². The molecule has 0 aliphatic rings. The highest BCUT2D eigenvalue weighted by Gasteiger charge is 2.27. The molecule has 0 saturated heterocycles. The van der Waals surface area contributed by atoms with Crippen molar-refractivity contribution in [1.29, 1.82) is 0 Å². The molecule has 3 N–H and O–H groups in total. The van der Waals surface area contributed by atoms with Crippen molar-refractivity contribution in [3.8, 4) is 0 Å². The molecule has 0 bridgehead atoms. The Labute approximate surface area is 110 Å². The minimum Gasteiger partial charge on any atom is -0.354 e. The van der Waals surface area contributed by atoms with Gasteiger partial charge in [0.15, 0.2) is 0 Å². The molecule has 0 saturated carbocycles. The minimum absolute atomic E-state index is 0.0628. The third-order valence-electron chi connectivity index (χ3n) is 3.23. The number of nitrogens with two attached hydrogens (primary N) is 1. The number of hydrogen-bond donors (Lipinski definition) is 2. The lowest BCUT2D eigenvalue weighted by molar-refractivity contribution is -0.126. The van der Waals surface area contributed by atoms with Crippen molar-refractivity contribution in [2.24, 2.45) is 5.73 Å². The first-order chi connectivity index (χ1) is 8.47. The van der Waals surface area contributed by atoms with Crippen molar-refractivity contribution in [3.63, 3.8) is 0 Å². The van der Waals surface area contributed by atoms with Crippen molar-refractivity contribution in [1.82, 2.24) is 5.32 Å². The zero-order valence-electron chi connectivity index (χ0n) is 11.6. The lowest BCUT2D eigenvalue weighted by Gasteiger charge is -2.24. The van der Waals surface area contributed by atoms with E-state index in [2.05, 4.69) is 24.4 Å². The molecule has 0 spiro atoms. The van der Waals surface area contributed by atoms with Gasteiger partial charge in [0.2, 0.25) is 5.91 Å². The van der Waals surface area contributed by atoms with Crippen LogP contribution >= 0.6 is 0 Å². The van der Waals surface area contributed by atoms with Gasteiger partial charge < -0.3 is 11.1 Å². The summed E-state index contributed by atoms with van der Waals surface area (Å²) in [5.41, 5.74) is 6.45. The smallest absolute Gasteiger partial charge is 0.239 e. The van der Waals surface area contributed by atoms with Gasteiger partial charge in [-0.1, -0.05) is 50.6 Å². The molecule has 0 aliphatic heterocycles. The van der Waals surface area contributed by atoms with E-state index in [1.165, 1.54) is 5.56 Å². The molecule has 0 radical (unpaired) electrons. The third kappa shape index (κ3) is 4.15. The predicted octanol–water partition coefficient (Wildman–Crippen LogP) is 2.42. The number of amides is 1. The van der Waals surface area contributed by atoms with Crippen molar-refractivity contribution in [3.05, 3.63) is 35.9 Å². The Hall–Kier alpha value is -1.35. The fourth-order valence-electron chi connectivity index (χ4n) is 1.98. The van der Waals surface area contributed by atoms with Crippen LogP contribution in [0.2, 0.25) is 0 Å². The van der Waals surface area contributed by atoms with Crippen LogP contribution in [-0.2, 0) is 4.79 Å². The molecule has 0 aromatic heterocycles. The largest absolute Gasteiger partial charge is 0.354 e. The van der Waals surface area contributed by atoms with E-state index >= 15 is 0 Å². The zero-order valence-corrected chi connectivity index (χ0v) is 11.6. The summed E-state index contributed by atoms with van der Waals surface area (Å²) in [6.45, 7) is 6.55. The highest BCUT2D eigenvalue weighted by molar-refractivity contribution is 5.85. The van der Waals surface area contributed by atoms with Crippen molar-refractivity contribution in [2.45, 2.75) is 45.1 Å². The van der Waals surface area contributed by atoms with E-state index in [1.807, 2.05) is 25.1 Å². The summed E-state index contributed by atoms with van der Waals surface area (Å²) < 4.78 is 0. The zero-order chi connectivity index (χ0) is 13.6. The molecular formula is C15H24N2O. The molecule has 0 heterocycles. The number of carbonyl (C=O) groups excluding carboxylic acids is 1. The second kappa shape index (κ2) is 6.55. The van der Waals surface area contributed by atoms with Gasteiger partial charge in [0, 0.05) is 6.54 Å². The van der Waals surface area contributed by atoms with Gasteiger partial charge >= 0.3 is 0 Å². The van der Waals surface area contributed by atoms with Crippen LogP contribution in [0.5, 0.6) is 0 Å². The Morgan fingerprint density at radius 3 is 2.56 bits per heavy atom. The van der Waals surface area contributed by atoms with Gasteiger partial charge in [0.25, 0.3) is 0 Å². The van der Waals surface area contributed by atoms with Gasteiger partial charge in [0.1, 0.15) is 0 Å². The third-order valence-corrected chi connectivity index (χ3v) is 3.23. The molecule has 0 fully saturated rings. The predicted molar refractivity (Wildman–Crippen MR) is 75.4 cm³/mol. The maximum absolute atomic E-state index is 12.0. The van der Waals surface area contributed by atoms with Gasteiger partial charge in [-0.05, 0) is 24.8 Å². The van der Waals surface area contributed by atoms with Crippen LogP contribution in [0.25, 0.3) is 0 Å². The maximum atomic E-state index is 12.0. The number of hydrogen-bond acceptors (Lipinski definition) is 2. The Balaban J connectivity index is 2.48. The van der Waals surface area contributed by atoms with Gasteiger partial charge in [-0.2, -0.15) is 0 Å². The first kappa shape index (κ1) is 14.7. The van der Waals surface area contributed by atoms with Crippen molar-refractivity contribution >= 4 is 5.91 Å². The quantitative estimate of drug-likeness (QED) is 0.812. The SMILES string of the molecule is CCCC(C)(N)C(=O)NCC(C)c1ccccc1. The second-order valence-electron chi connectivity index (χ2n) is 5.19. The Morgan fingerprint density at radius 1 is 1.39 bits per heavy atom. The van der Waals surface area contributed by atoms with E-state index in [1.54, 1.807) is 6.92 Å². The summed E-state index contributed by atoms with van der Waals surface area (Å²) in [6.07, 6.45) is 1.62. The molecule has 1 aromatic carbocycles. The van der Waals surface area contributed by atoms with E-state index in [9.17, 15) is 4.79 Å². The van der Waals surface area contributed by atoms with E-state index in [0.29, 0.717) is 18.9 Å². The minimum atomic E-state index is -0.759. The van der Waals surface area contributed by atoms with Gasteiger partial charge in [-0.25, -0.2) is 0 Å². The molecule has 2 unspecified atom stereocenters. The van der Waals surface area contributed by atoms with Crippen molar-refractivity contribution < 1.29 is 4.79 Å². The van der Waals surface area contributed by atoms with Crippen LogP contribution in [0.15, 0.2) is 30.3 Å². The fraction of sp³-hybridized carbons (Fsp3) is 0.533. The molecule has 3 heteroatoms. The summed E-state index contributed by atoms with van der Waals surface area (Å²) in [4.78, 5) is 12.0. The van der Waals surface area contributed by atoms with Gasteiger partial charge in [-0.3, -0.25) is 4.79 Å². The van der Waals surface area contributed by atoms with Crippen LogP contribution < -0.4 is 11.1 Å². The summed E-state index contributed by atoms with van der Waals surface area (Å²) in [5.74, 6) is 0.236. The Kier molecular flexibility index (Phi) is 5.35. The van der Waals surface area contributed by atoms with E-state index < -0.39 is 5.54 Å². The summed E-state index contributed by atoms with van der Waals surface area (Å²) in [5, 5.41) is 2.94. The number of carbonyl (C=O) groups is 1. The van der Waals surface area contributed by atoms with E-state index in [4.69, 9.17) is 5.73 Å². The fourth-order valence-corrected chi connectivity index (χ4v) is 1.98. The second-order valence-corrected chi connectivity index (χ2v) is 5.19. The Morgan fingerprint density at radius 2 is 2.00 bits per heavy atom. The monoisotopic (exact) mass is 248 g/mol. The van der Waals surface area contributed by atoms with E-state index in [0.717, 1.165) is 6.42 Å². The van der Waals surface area contributed by atoms with Crippen LogP contribution in [0.1, 0.15) is 45.1 Å². The standard InChI is InChI=1S/C15H24N2O/c1-4-10-15(3,16)14(18)17-11-12(2)13-8-6-5-7-9-13/h5-9,12H,4,10-11,16H2,1-3H3,(H,17,18). The van der Waals surface area contributed by atoms with Crippen LogP contribution in [0.4, 0.5) is 0 Å². The van der Waals surface area contributed by atoms with E-state index in [-0.39, 0.29) is 5.91 Å². The average molecular weight is 248 g/mol. The summed E-state index contributed by atoms with van der Waals surface area (Å²) >= 11 is 0. The number of benzene rings is 1. The Bertz CT molecular complexity index is 373. The lowest BCUT2D eigenvalue weighted by Crippen LogP contribution is -2.52. The first-order valence-corrected chi connectivity index (χ1v) is 6.59. The lowest BCUT2D eigenvalue weighted by atomic mass is 9.95. The van der Waals surface area contributed by atoms with Crippen LogP contribution in [-0.4, -0.2) is 18.0 Å². The van der Waals surface area contributed by atoms with Gasteiger partial charge in [-0.15, -0.1) is 0 Å².